The minimum Gasteiger partial charge on any atom is -0.480 e. The Morgan fingerprint density at radius 1 is 1.33 bits per heavy atom. The first-order valence-corrected chi connectivity index (χ1v) is 6.00. The average molecular weight is 299 g/mol. The van der Waals surface area contributed by atoms with Crippen molar-refractivity contribution < 1.29 is 23.1 Å². The maximum Gasteiger partial charge on any atom is 0.401 e. The van der Waals surface area contributed by atoms with Gasteiger partial charge >= 0.3 is 12.1 Å². The highest BCUT2D eigenvalue weighted by atomic mass is 19.4. The van der Waals surface area contributed by atoms with Crippen LogP contribution < -0.4 is 5.32 Å². The first-order chi connectivity index (χ1) is 9.87. The third-order valence-electron chi connectivity index (χ3n) is 2.71. The van der Waals surface area contributed by atoms with Gasteiger partial charge in [-0.25, -0.2) is 4.68 Å². The Kier molecular flexibility index (Phi) is 4.27. The summed E-state index contributed by atoms with van der Waals surface area (Å²) in [5, 5.41) is 15.0. The molecule has 0 radical (unpaired) electrons. The van der Waals surface area contributed by atoms with E-state index in [1.165, 1.54) is 17.1 Å². The molecule has 0 bridgehead atoms. The highest BCUT2D eigenvalue weighted by Gasteiger charge is 2.31. The molecule has 0 aliphatic carbocycles. The van der Waals surface area contributed by atoms with E-state index < -0.39 is 24.7 Å². The van der Waals surface area contributed by atoms with E-state index in [9.17, 15) is 18.0 Å². The van der Waals surface area contributed by atoms with Crippen LogP contribution in [0.4, 0.5) is 13.2 Å². The zero-order valence-corrected chi connectivity index (χ0v) is 10.7. The normalized spacial score (nSPS) is 13.1. The molecule has 2 aromatic rings. The second-order valence-corrected chi connectivity index (χ2v) is 4.32. The number of carbonyl (C=O) groups is 1. The molecule has 1 atom stereocenters. The van der Waals surface area contributed by atoms with Crippen molar-refractivity contribution in [1.29, 1.82) is 0 Å². The second kappa shape index (κ2) is 5.96. The molecule has 0 fully saturated rings. The molecule has 1 aromatic carbocycles. The van der Waals surface area contributed by atoms with E-state index in [-0.39, 0.29) is 5.56 Å². The van der Waals surface area contributed by atoms with E-state index in [0.717, 1.165) is 0 Å². The fourth-order valence-electron chi connectivity index (χ4n) is 1.77. The van der Waals surface area contributed by atoms with Crippen LogP contribution in [0.25, 0.3) is 5.69 Å². The molecular formula is C13H12F3N3O2. The van der Waals surface area contributed by atoms with Crippen molar-refractivity contribution in [1.82, 2.24) is 15.1 Å². The molecule has 0 saturated carbocycles. The third kappa shape index (κ3) is 4.06. The quantitative estimate of drug-likeness (QED) is 0.887. The summed E-state index contributed by atoms with van der Waals surface area (Å²) in [4.78, 5) is 11.1. The number of alkyl halides is 3. The van der Waals surface area contributed by atoms with Crippen LogP contribution in [-0.4, -0.2) is 33.6 Å². The van der Waals surface area contributed by atoms with E-state index in [0.29, 0.717) is 5.69 Å². The van der Waals surface area contributed by atoms with Crippen molar-refractivity contribution in [3.63, 3.8) is 0 Å². The molecular weight excluding hydrogens is 287 g/mol. The lowest BCUT2D eigenvalue weighted by Gasteiger charge is -2.14. The lowest BCUT2D eigenvalue weighted by Crippen LogP contribution is -2.35. The van der Waals surface area contributed by atoms with Gasteiger partial charge < -0.3 is 5.11 Å². The van der Waals surface area contributed by atoms with Gasteiger partial charge in [-0.05, 0) is 12.1 Å². The fraction of sp³-hybridized carbons (Fsp3) is 0.231. The topological polar surface area (TPSA) is 67.2 Å². The zero-order chi connectivity index (χ0) is 15.5. The summed E-state index contributed by atoms with van der Waals surface area (Å²) in [6.45, 7) is -1.39. The number of hydrogen-bond donors (Lipinski definition) is 2. The Morgan fingerprint density at radius 2 is 2.00 bits per heavy atom. The first-order valence-electron chi connectivity index (χ1n) is 6.00. The Hall–Kier alpha value is -2.35. The summed E-state index contributed by atoms with van der Waals surface area (Å²) in [5.41, 5.74) is 0.833. The molecule has 21 heavy (non-hydrogen) atoms. The van der Waals surface area contributed by atoms with Crippen molar-refractivity contribution in [2.24, 2.45) is 0 Å². The van der Waals surface area contributed by atoms with Crippen molar-refractivity contribution in [3.8, 4) is 5.69 Å². The van der Waals surface area contributed by atoms with Crippen LogP contribution in [0.3, 0.4) is 0 Å². The summed E-state index contributed by atoms with van der Waals surface area (Å²) in [5.74, 6) is -1.40. The van der Waals surface area contributed by atoms with Crippen molar-refractivity contribution in [2.45, 2.75) is 12.2 Å². The van der Waals surface area contributed by atoms with E-state index in [4.69, 9.17) is 5.11 Å². The van der Waals surface area contributed by atoms with E-state index in [1.54, 1.807) is 30.3 Å². The maximum absolute atomic E-state index is 12.2. The highest BCUT2D eigenvalue weighted by Crippen LogP contribution is 2.18. The standard InChI is InChI=1S/C13H12F3N3O2/c14-13(15,16)8-17-11(12(20)21)9-6-18-19(7-9)10-4-2-1-3-5-10/h1-7,11,17H,8H2,(H,20,21). The number of carboxylic acid groups (broad SMARTS) is 1. The van der Waals surface area contributed by atoms with Crippen molar-refractivity contribution in [2.75, 3.05) is 6.54 Å². The lowest BCUT2D eigenvalue weighted by atomic mass is 10.1. The van der Waals surface area contributed by atoms with Gasteiger partial charge in [0.1, 0.15) is 6.04 Å². The number of benzene rings is 1. The third-order valence-corrected chi connectivity index (χ3v) is 2.71. The van der Waals surface area contributed by atoms with E-state index in [2.05, 4.69) is 5.10 Å². The minimum absolute atomic E-state index is 0.149. The van der Waals surface area contributed by atoms with Gasteiger partial charge in [0, 0.05) is 11.8 Å². The predicted octanol–water partition coefficient (Wildman–Crippen LogP) is 2.15. The Morgan fingerprint density at radius 3 is 2.57 bits per heavy atom. The summed E-state index contributed by atoms with van der Waals surface area (Å²) < 4.78 is 38.0. The lowest BCUT2D eigenvalue weighted by molar-refractivity contribution is -0.143. The molecule has 0 spiro atoms. The Balaban J connectivity index is 2.19. The van der Waals surface area contributed by atoms with Gasteiger partial charge in [0.25, 0.3) is 0 Å². The number of para-hydroxylation sites is 1. The first kappa shape index (κ1) is 15.0. The number of hydrogen-bond acceptors (Lipinski definition) is 3. The maximum atomic E-state index is 12.2. The highest BCUT2D eigenvalue weighted by molar-refractivity contribution is 5.75. The van der Waals surface area contributed by atoms with Gasteiger partial charge in [-0.15, -0.1) is 0 Å². The molecule has 8 heteroatoms. The van der Waals surface area contributed by atoms with Gasteiger partial charge in [0.2, 0.25) is 0 Å². The van der Waals surface area contributed by atoms with Crippen molar-refractivity contribution in [3.05, 3.63) is 48.3 Å². The second-order valence-electron chi connectivity index (χ2n) is 4.32. The predicted molar refractivity (Wildman–Crippen MR) is 68.0 cm³/mol. The molecule has 0 aliphatic rings. The summed E-state index contributed by atoms with van der Waals surface area (Å²) in [6.07, 6.45) is -1.87. The molecule has 0 amide bonds. The van der Waals surface area contributed by atoms with Crippen LogP contribution in [0.1, 0.15) is 11.6 Å². The van der Waals surface area contributed by atoms with Crippen LogP contribution in [0.5, 0.6) is 0 Å². The number of rotatable bonds is 5. The van der Waals surface area contributed by atoms with Gasteiger partial charge in [-0.2, -0.15) is 18.3 Å². The van der Waals surface area contributed by atoms with Crippen LogP contribution in [0, 0.1) is 0 Å². The van der Waals surface area contributed by atoms with Crippen LogP contribution in [-0.2, 0) is 4.79 Å². The molecule has 5 nitrogen and oxygen atoms in total. The summed E-state index contributed by atoms with van der Waals surface area (Å²) in [6, 6.07) is 7.37. The zero-order valence-electron chi connectivity index (χ0n) is 10.7. The number of nitrogens with zero attached hydrogens (tertiary/aromatic N) is 2. The average Bonchev–Trinajstić information content (AvgIpc) is 2.88. The summed E-state index contributed by atoms with van der Waals surface area (Å²) in [7, 11) is 0. The van der Waals surface area contributed by atoms with Crippen molar-refractivity contribution >= 4 is 5.97 Å². The number of nitrogens with one attached hydrogen (secondary N) is 1. The largest absolute Gasteiger partial charge is 0.480 e. The minimum atomic E-state index is -4.48. The smallest absolute Gasteiger partial charge is 0.401 e. The number of aromatic nitrogens is 2. The Labute approximate surface area is 118 Å². The molecule has 1 aromatic heterocycles. The van der Waals surface area contributed by atoms with Gasteiger partial charge in [-0.1, -0.05) is 18.2 Å². The molecule has 0 saturated heterocycles. The van der Waals surface area contributed by atoms with E-state index >= 15 is 0 Å². The van der Waals surface area contributed by atoms with Gasteiger partial charge in [0.15, 0.2) is 0 Å². The molecule has 112 valence electrons. The molecule has 0 aliphatic heterocycles. The Bertz CT molecular complexity index is 611. The molecule has 2 N–H and O–H groups in total. The van der Waals surface area contributed by atoms with Gasteiger partial charge in [-0.3, -0.25) is 10.1 Å². The van der Waals surface area contributed by atoms with Crippen LogP contribution in [0.15, 0.2) is 42.7 Å². The molecule has 1 unspecified atom stereocenters. The fourth-order valence-corrected chi connectivity index (χ4v) is 1.77. The molecule has 1 heterocycles. The molecule has 2 rings (SSSR count). The van der Waals surface area contributed by atoms with Crippen LogP contribution in [0.2, 0.25) is 0 Å². The number of aliphatic carboxylic acids is 1. The van der Waals surface area contributed by atoms with Gasteiger partial charge in [0.05, 0.1) is 18.4 Å². The van der Waals surface area contributed by atoms with Crippen LogP contribution >= 0.6 is 0 Å². The monoisotopic (exact) mass is 299 g/mol. The van der Waals surface area contributed by atoms with E-state index in [1.807, 2.05) is 5.32 Å². The number of carboxylic acids is 1. The summed E-state index contributed by atoms with van der Waals surface area (Å²) >= 11 is 0. The SMILES string of the molecule is O=C(O)C(NCC(F)(F)F)c1cnn(-c2ccccc2)c1. The number of halogens is 3.